The predicted molar refractivity (Wildman–Crippen MR) is 67.1 cm³/mol. The van der Waals surface area contributed by atoms with E-state index in [1.807, 2.05) is 0 Å². The van der Waals surface area contributed by atoms with Crippen LogP contribution in [0.4, 0.5) is 8.78 Å². The van der Waals surface area contributed by atoms with Crippen LogP contribution in [0.25, 0.3) is 0 Å². The molecule has 1 fully saturated rings. The van der Waals surface area contributed by atoms with E-state index in [0.717, 1.165) is 0 Å². The number of nitrogens with one attached hydrogen (secondary N) is 1. The molecule has 1 aromatic rings. The van der Waals surface area contributed by atoms with Gasteiger partial charge in [-0.1, -0.05) is 0 Å². The summed E-state index contributed by atoms with van der Waals surface area (Å²) in [4.78, 5) is 22.7. The molecule has 6 heteroatoms. The van der Waals surface area contributed by atoms with Crippen molar-refractivity contribution in [1.82, 2.24) is 5.32 Å². The van der Waals surface area contributed by atoms with Gasteiger partial charge in [-0.3, -0.25) is 14.9 Å². The molecule has 0 aliphatic carbocycles. The van der Waals surface area contributed by atoms with Crippen LogP contribution in [0.3, 0.4) is 0 Å². The van der Waals surface area contributed by atoms with Crippen LogP contribution in [0.15, 0.2) is 12.1 Å². The number of carbonyl (C=O) groups excluding carboxylic acids is 2. The first-order valence-corrected chi connectivity index (χ1v) is 6.33. The molecule has 20 heavy (non-hydrogen) atoms. The molecule has 0 spiro atoms. The highest BCUT2D eigenvalue weighted by Crippen LogP contribution is 2.30. The monoisotopic (exact) mass is 283 g/mol. The fourth-order valence-corrected chi connectivity index (χ4v) is 2.30. The lowest BCUT2D eigenvalue weighted by atomic mass is 9.89. The number of hydrogen-bond acceptors (Lipinski definition) is 3. The van der Waals surface area contributed by atoms with Gasteiger partial charge in [0.15, 0.2) is 0 Å². The summed E-state index contributed by atoms with van der Waals surface area (Å²) in [5.41, 5.74) is 0.203. The Morgan fingerprint density at radius 2 is 1.95 bits per heavy atom. The average Bonchev–Trinajstić information content (AvgIpc) is 2.38. The van der Waals surface area contributed by atoms with Gasteiger partial charge in [-0.05, 0) is 30.5 Å². The summed E-state index contributed by atoms with van der Waals surface area (Å²) in [7, 11) is 1.50. The van der Waals surface area contributed by atoms with E-state index in [9.17, 15) is 18.4 Å². The summed E-state index contributed by atoms with van der Waals surface area (Å²) < 4.78 is 32.9. The first kappa shape index (κ1) is 14.6. The van der Waals surface area contributed by atoms with Crippen molar-refractivity contribution in [3.8, 4) is 0 Å². The second kappa shape index (κ2) is 6.09. The molecular formula is C14H15F2NO3. The molecule has 1 aliphatic rings. The molecule has 1 unspecified atom stereocenters. The fourth-order valence-electron chi connectivity index (χ4n) is 2.30. The Bertz CT molecular complexity index is 522. The van der Waals surface area contributed by atoms with Gasteiger partial charge in [-0.25, -0.2) is 8.78 Å². The summed E-state index contributed by atoms with van der Waals surface area (Å²) in [6.07, 6.45) is 0.594. The Kier molecular flexibility index (Phi) is 4.44. The topological polar surface area (TPSA) is 55.4 Å². The van der Waals surface area contributed by atoms with Crippen LogP contribution in [-0.2, 0) is 20.7 Å². The van der Waals surface area contributed by atoms with Crippen LogP contribution in [-0.4, -0.2) is 25.5 Å². The Labute approximate surface area is 115 Å². The average molecular weight is 283 g/mol. The first-order valence-electron chi connectivity index (χ1n) is 6.33. The van der Waals surface area contributed by atoms with Crippen molar-refractivity contribution in [1.29, 1.82) is 0 Å². The van der Waals surface area contributed by atoms with Crippen LogP contribution >= 0.6 is 0 Å². The number of benzene rings is 1. The molecule has 0 saturated carbocycles. The summed E-state index contributed by atoms with van der Waals surface area (Å²) in [5, 5.41) is 2.10. The largest absolute Gasteiger partial charge is 0.384 e. The molecule has 2 rings (SSSR count). The van der Waals surface area contributed by atoms with Crippen LogP contribution in [0.1, 0.15) is 29.9 Å². The van der Waals surface area contributed by atoms with E-state index in [-0.39, 0.29) is 18.4 Å². The molecule has 0 radical (unpaired) electrons. The van der Waals surface area contributed by atoms with Gasteiger partial charge in [0.1, 0.15) is 11.6 Å². The molecule has 1 aromatic carbocycles. The SMILES string of the molecule is COCCc1cc(F)c(C2CCC(=O)NC2=O)c(F)c1. The second-order valence-corrected chi connectivity index (χ2v) is 4.72. The lowest BCUT2D eigenvalue weighted by Gasteiger charge is -2.22. The molecule has 108 valence electrons. The highest BCUT2D eigenvalue weighted by molar-refractivity contribution is 6.00. The van der Waals surface area contributed by atoms with E-state index in [0.29, 0.717) is 18.6 Å². The zero-order valence-corrected chi connectivity index (χ0v) is 11.0. The summed E-state index contributed by atoms with van der Waals surface area (Å²) in [5.74, 6) is -3.53. The van der Waals surface area contributed by atoms with E-state index in [1.165, 1.54) is 19.2 Å². The minimum absolute atomic E-state index is 0.0840. The standard InChI is InChI=1S/C14H15F2NO3/c1-20-5-4-8-6-10(15)13(11(16)7-8)9-2-3-12(18)17-14(9)19/h6-7,9H,2-5H2,1H3,(H,17,18,19). The Morgan fingerprint density at radius 3 is 2.50 bits per heavy atom. The highest BCUT2D eigenvalue weighted by atomic mass is 19.1. The number of carbonyl (C=O) groups is 2. The molecule has 0 bridgehead atoms. The number of halogens is 2. The smallest absolute Gasteiger partial charge is 0.234 e. The zero-order chi connectivity index (χ0) is 14.7. The third kappa shape index (κ3) is 3.01. The maximum absolute atomic E-state index is 14.0. The van der Waals surface area contributed by atoms with Crippen molar-refractivity contribution in [2.24, 2.45) is 0 Å². The van der Waals surface area contributed by atoms with E-state index in [4.69, 9.17) is 4.74 Å². The van der Waals surface area contributed by atoms with Gasteiger partial charge in [0.05, 0.1) is 12.5 Å². The van der Waals surface area contributed by atoms with E-state index in [1.54, 1.807) is 0 Å². The maximum Gasteiger partial charge on any atom is 0.234 e. The lowest BCUT2D eigenvalue weighted by molar-refractivity contribution is -0.134. The van der Waals surface area contributed by atoms with E-state index in [2.05, 4.69) is 5.32 Å². The van der Waals surface area contributed by atoms with Gasteiger partial charge in [0.2, 0.25) is 11.8 Å². The molecule has 1 aliphatic heterocycles. The molecule has 0 aromatic heterocycles. The fraction of sp³-hybridized carbons (Fsp3) is 0.429. The number of piperidine rings is 1. The molecule has 1 atom stereocenters. The van der Waals surface area contributed by atoms with Crippen molar-refractivity contribution >= 4 is 11.8 Å². The Balaban J connectivity index is 2.28. The van der Waals surface area contributed by atoms with Gasteiger partial charge >= 0.3 is 0 Å². The first-order chi connectivity index (χ1) is 9.52. The number of imide groups is 1. The van der Waals surface area contributed by atoms with Crippen molar-refractivity contribution in [3.63, 3.8) is 0 Å². The third-order valence-electron chi connectivity index (χ3n) is 3.32. The molecule has 1 heterocycles. The van der Waals surface area contributed by atoms with Crippen molar-refractivity contribution < 1.29 is 23.1 Å². The maximum atomic E-state index is 14.0. The van der Waals surface area contributed by atoms with Crippen LogP contribution in [0.2, 0.25) is 0 Å². The van der Waals surface area contributed by atoms with Crippen LogP contribution in [0, 0.1) is 11.6 Å². The minimum Gasteiger partial charge on any atom is -0.384 e. The van der Waals surface area contributed by atoms with Gasteiger partial charge in [0.25, 0.3) is 0 Å². The predicted octanol–water partition coefficient (Wildman–Crippen LogP) is 1.67. The number of rotatable bonds is 4. The highest BCUT2D eigenvalue weighted by Gasteiger charge is 2.32. The molecule has 4 nitrogen and oxygen atoms in total. The number of hydrogen-bond donors (Lipinski definition) is 1. The Hall–Kier alpha value is -1.82. The number of amides is 2. The van der Waals surface area contributed by atoms with Crippen LogP contribution in [0.5, 0.6) is 0 Å². The van der Waals surface area contributed by atoms with E-state index >= 15 is 0 Å². The van der Waals surface area contributed by atoms with Crippen molar-refractivity contribution in [2.45, 2.75) is 25.2 Å². The molecule has 2 amide bonds. The number of methoxy groups -OCH3 is 1. The van der Waals surface area contributed by atoms with Crippen molar-refractivity contribution in [2.75, 3.05) is 13.7 Å². The third-order valence-corrected chi connectivity index (χ3v) is 3.32. The molecule has 1 N–H and O–H groups in total. The van der Waals surface area contributed by atoms with Gasteiger partial charge in [0, 0.05) is 19.1 Å². The molecular weight excluding hydrogens is 268 g/mol. The molecule has 1 saturated heterocycles. The van der Waals surface area contributed by atoms with E-state index < -0.39 is 29.4 Å². The summed E-state index contributed by atoms with van der Waals surface area (Å²) in [6, 6.07) is 2.42. The van der Waals surface area contributed by atoms with Gasteiger partial charge in [-0.2, -0.15) is 0 Å². The van der Waals surface area contributed by atoms with Gasteiger partial charge in [-0.15, -0.1) is 0 Å². The Morgan fingerprint density at radius 1 is 1.30 bits per heavy atom. The van der Waals surface area contributed by atoms with Gasteiger partial charge < -0.3 is 4.74 Å². The lowest BCUT2D eigenvalue weighted by Crippen LogP contribution is -2.40. The van der Waals surface area contributed by atoms with Crippen molar-refractivity contribution in [3.05, 3.63) is 34.9 Å². The number of ether oxygens (including phenoxy) is 1. The summed E-state index contributed by atoms with van der Waals surface area (Å²) >= 11 is 0. The second-order valence-electron chi connectivity index (χ2n) is 4.72. The normalized spacial score (nSPS) is 19.1. The summed E-state index contributed by atoms with van der Waals surface area (Å²) in [6.45, 7) is 0.358. The zero-order valence-electron chi connectivity index (χ0n) is 11.0. The quantitative estimate of drug-likeness (QED) is 0.855. The minimum atomic E-state index is -0.954. The van der Waals surface area contributed by atoms with Crippen LogP contribution < -0.4 is 5.32 Å².